The normalized spacial score (nSPS) is 11.1. The SMILES string of the molecule is C#CC(CC)NC(=O)Nc1ccccc1C(=O)O. The Kier molecular flexibility index (Phi) is 4.76. The van der Waals surface area contributed by atoms with Crippen LogP contribution in [0.3, 0.4) is 0 Å². The largest absolute Gasteiger partial charge is 0.478 e. The highest BCUT2D eigenvalue weighted by Crippen LogP contribution is 2.14. The Morgan fingerprint density at radius 3 is 2.67 bits per heavy atom. The van der Waals surface area contributed by atoms with Crippen molar-refractivity contribution in [2.45, 2.75) is 19.4 Å². The van der Waals surface area contributed by atoms with Crippen molar-refractivity contribution in [2.24, 2.45) is 0 Å². The smallest absolute Gasteiger partial charge is 0.337 e. The second-order valence-electron chi connectivity index (χ2n) is 3.58. The summed E-state index contributed by atoms with van der Waals surface area (Å²) in [5, 5.41) is 14.0. The first-order chi connectivity index (χ1) is 8.58. The molecule has 3 N–H and O–H groups in total. The molecule has 0 heterocycles. The Morgan fingerprint density at radius 1 is 1.44 bits per heavy atom. The summed E-state index contributed by atoms with van der Waals surface area (Å²) in [5.41, 5.74) is 0.260. The lowest BCUT2D eigenvalue weighted by Crippen LogP contribution is -2.36. The minimum atomic E-state index is -1.10. The minimum absolute atomic E-state index is 0.0291. The fourth-order valence-corrected chi connectivity index (χ4v) is 1.36. The number of terminal acetylenes is 1. The highest BCUT2D eigenvalue weighted by atomic mass is 16.4. The molecule has 1 aromatic rings. The van der Waals surface area contributed by atoms with E-state index in [-0.39, 0.29) is 17.3 Å². The van der Waals surface area contributed by atoms with E-state index in [0.717, 1.165) is 0 Å². The van der Waals surface area contributed by atoms with Gasteiger partial charge in [-0.05, 0) is 18.6 Å². The number of carbonyl (C=O) groups is 2. The number of rotatable bonds is 4. The van der Waals surface area contributed by atoms with Crippen LogP contribution in [-0.2, 0) is 0 Å². The number of carboxylic acid groups (broad SMARTS) is 1. The van der Waals surface area contributed by atoms with Crippen LogP contribution in [0.2, 0.25) is 0 Å². The summed E-state index contributed by atoms with van der Waals surface area (Å²) in [6, 6.07) is 5.26. The van der Waals surface area contributed by atoms with E-state index in [2.05, 4.69) is 16.6 Å². The maximum absolute atomic E-state index is 11.6. The van der Waals surface area contributed by atoms with E-state index in [4.69, 9.17) is 11.5 Å². The van der Waals surface area contributed by atoms with Crippen molar-refractivity contribution < 1.29 is 14.7 Å². The number of aromatic carboxylic acids is 1. The van der Waals surface area contributed by atoms with Gasteiger partial charge >= 0.3 is 12.0 Å². The van der Waals surface area contributed by atoms with Gasteiger partial charge in [0.2, 0.25) is 0 Å². The molecule has 0 fully saturated rings. The van der Waals surface area contributed by atoms with Crippen LogP contribution in [0.5, 0.6) is 0 Å². The van der Waals surface area contributed by atoms with Crippen LogP contribution >= 0.6 is 0 Å². The van der Waals surface area contributed by atoms with Gasteiger partial charge < -0.3 is 15.7 Å². The Labute approximate surface area is 105 Å². The van der Waals surface area contributed by atoms with Crippen molar-refractivity contribution in [1.82, 2.24) is 5.32 Å². The number of benzene rings is 1. The molecular weight excluding hydrogens is 232 g/mol. The second kappa shape index (κ2) is 6.30. The van der Waals surface area contributed by atoms with Gasteiger partial charge in [0.25, 0.3) is 0 Å². The number of anilines is 1. The zero-order valence-corrected chi connectivity index (χ0v) is 9.93. The molecule has 0 aliphatic heterocycles. The van der Waals surface area contributed by atoms with E-state index < -0.39 is 12.0 Å². The molecule has 1 unspecified atom stereocenters. The molecule has 0 saturated carbocycles. The predicted octanol–water partition coefficient (Wildman–Crippen LogP) is 1.92. The Bertz CT molecular complexity index is 491. The maximum Gasteiger partial charge on any atom is 0.337 e. The Morgan fingerprint density at radius 2 is 2.11 bits per heavy atom. The van der Waals surface area contributed by atoms with Crippen LogP contribution in [0.25, 0.3) is 0 Å². The molecule has 0 aliphatic carbocycles. The molecule has 5 heteroatoms. The van der Waals surface area contributed by atoms with Gasteiger partial charge in [0, 0.05) is 0 Å². The van der Waals surface area contributed by atoms with Crippen LogP contribution in [0.4, 0.5) is 10.5 Å². The topological polar surface area (TPSA) is 78.4 Å². The third-order valence-corrected chi connectivity index (χ3v) is 2.32. The zero-order chi connectivity index (χ0) is 13.5. The molecule has 18 heavy (non-hydrogen) atoms. The first kappa shape index (κ1) is 13.6. The molecule has 0 aliphatic rings. The third kappa shape index (κ3) is 3.52. The minimum Gasteiger partial charge on any atom is -0.478 e. The van der Waals surface area contributed by atoms with Gasteiger partial charge in [-0.25, -0.2) is 9.59 Å². The number of hydrogen-bond donors (Lipinski definition) is 3. The fraction of sp³-hybridized carbons (Fsp3) is 0.231. The van der Waals surface area contributed by atoms with Crippen LogP contribution < -0.4 is 10.6 Å². The molecule has 0 bridgehead atoms. The van der Waals surface area contributed by atoms with Crippen LogP contribution in [0, 0.1) is 12.3 Å². The molecule has 0 saturated heterocycles. The van der Waals surface area contributed by atoms with E-state index in [9.17, 15) is 9.59 Å². The van der Waals surface area contributed by atoms with E-state index >= 15 is 0 Å². The van der Waals surface area contributed by atoms with Gasteiger partial charge in [0.05, 0.1) is 17.3 Å². The highest BCUT2D eigenvalue weighted by molar-refractivity contribution is 6.00. The summed E-state index contributed by atoms with van der Waals surface area (Å²) in [5.74, 6) is 1.32. The molecule has 1 aromatic carbocycles. The van der Waals surface area contributed by atoms with Crippen molar-refractivity contribution in [3.63, 3.8) is 0 Å². The molecule has 0 radical (unpaired) electrons. The molecule has 1 rings (SSSR count). The number of hydrogen-bond acceptors (Lipinski definition) is 2. The van der Waals surface area contributed by atoms with Crippen molar-refractivity contribution in [3.8, 4) is 12.3 Å². The van der Waals surface area contributed by atoms with E-state index in [1.165, 1.54) is 12.1 Å². The molecule has 94 valence electrons. The van der Waals surface area contributed by atoms with Crippen LogP contribution in [-0.4, -0.2) is 23.1 Å². The molecular formula is C13H14N2O3. The average Bonchev–Trinajstić information content (AvgIpc) is 2.36. The van der Waals surface area contributed by atoms with Gasteiger partial charge in [-0.15, -0.1) is 6.42 Å². The van der Waals surface area contributed by atoms with Gasteiger partial charge in [-0.1, -0.05) is 25.0 Å². The van der Waals surface area contributed by atoms with Gasteiger partial charge in [-0.3, -0.25) is 0 Å². The molecule has 5 nitrogen and oxygen atoms in total. The molecule has 0 aromatic heterocycles. The first-order valence-corrected chi connectivity index (χ1v) is 5.44. The van der Waals surface area contributed by atoms with Crippen LogP contribution in [0.1, 0.15) is 23.7 Å². The summed E-state index contributed by atoms with van der Waals surface area (Å²) in [6.07, 6.45) is 5.82. The van der Waals surface area contributed by atoms with Gasteiger partial charge in [0.1, 0.15) is 0 Å². The highest BCUT2D eigenvalue weighted by Gasteiger charge is 2.12. The lowest BCUT2D eigenvalue weighted by molar-refractivity contribution is 0.0698. The Balaban J connectivity index is 2.77. The van der Waals surface area contributed by atoms with Crippen molar-refractivity contribution >= 4 is 17.7 Å². The number of nitrogens with one attached hydrogen (secondary N) is 2. The quantitative estimate of drug-likeness (QED) is 0.710. The van der Waals surface area contributed by atoms with E-state index in [1.807, 2.05) is 6.92 Å². The Hall–Kier alpha value is -2.48. The lowest BCUT2D eigenvalue weighted by atomic mass is 10.2. The summed E-state index contributed by atoms with van der Waals surface area (Å²) in [4.78, 5) is 22.5. The molecule has 1 atom stereocenters. The predicted molar refractivity (Wildman–Crippen MR) is 68.5 cm³/mol. The summed E-state index contributed by atoms with van der Waals surface area (Å²) >= 11 is 0. The molecule has 0 spiro atoms. The summed E-state index contributed by atoms with van der Waals surface area (Å²) in [6.45, 7) is 1.84. The number of urea groups is 1. The maximum atomic E-state index is 11.6. The van der Waals surface area contributed by atoms with E-state index in [1.54, 1.807) is 12.1 Å². The third-order valence-electron chi connectivity index (χ3n) is 2.32. The second-order valence-corrected chi connectivity index (χ2v) is 3.58. The molecule has 2 amide bonds. The zero-order valence-electron chi connectivity index (χ0n) is 9.93. The fourth-order valence-electron chi connectivity index (χ4n) is 1.36. The van der Waals surface area contributed by atoms with Crippen molar-refractivity contribution in [1.29, 1.82) is 0 Å². The lowest BCUT2D eigenvalue weighted by Gasteiger charge is -2.13. The number of amides is 2. The van der Waals surface area contributed by atoms with Crippen molar-refractivity contribution in [3.05, 3.63) is 29.8 Å². The summed E-state index contributed by atoms with van der Waals surface area (Å²) < 4.78 is 0. The summed E-state index contributed by atoms with van der Waals surface area (Å²) in [7, 11) is 0. The first-order valence-electron chi connectivity index (χ1n) is 5.44. The van der Waals surface area contributed by atoms with E-state index in [0.29, 0.717) is 6.42 Å². The monoisotopic (exact) mass is 246 g/mol. The average molecular weight is 246 g/mol. The van der Waals surface area contributed by atoms with Gasteiger partial charge in [-0.2, -0.15) is 0 Å². The van der Waals surface area contributed by atoms with Crippen LogP contribution in [0.15, 0.2) is 24.3 Å². The number of carbonyl (C=O) groups excluding carboxylic acids is 1. The van der Waals surface area contributed by atoms with Gasteiger partial charge in [0.15, 0.2) is 0 Å². The standard InChI is InChI=1S/C13H14N2O3/c1-3-9(4-2)14-13(18)15-11-8-6-5-7-10(11)12(16)17/h1,5-9H,4H2,2H3,(H,16,17)(H2,14,15,18). The number of para-hydroxylation sites is 1. The van der Waals surface area contributed by atoms with Crippen molar-refractivity contribution in [2.75, 3.05) is 5.32 Å². The number of carboxylic acids is 1.